The summed E-state index contributed by atoms with van der Waals surface area (Å²) in [5, 5.41) is 5.62. The molecule has 2 unspecified atom stereocenters. The highest BCUT2D eigenvalue weighted by atomic mass is 35.5. The van der Waals surface area contributed by atoms with Gasteiger partial charge in [-0.2, -0.15) is 0 Å². The fraction of sp³-hybridized carbons (Fsp3) is 0.333. The molecule has 3 atom stereocenters. The summed E-state index contributed by atoms with van der Waals surface area (Å²) in [6.07, 6.45) is 3.83. The van der Waals surface area contributed by atoms with Crippen molar-refractivity contribution in [2.75, 3.05) is 4.90 Å². The van der Waals surface area contributed by atoms with Gasteiger partial charge in [0, 0.05) is 21.8 Å². The highest BCUT2D eigenvalue weighted by Gasteiger charge is 2.44. The molecule has 2 bridgehead atoms. The molecule has 23 heavy (non-hydrogen) atoms. The third-order valence-corrected chi connectivity index (χ3v) is 5.41. The fourth-order valence-corrected chi connectivity index (χ4v) is 4.20. The summed E-state index contributed by atoms with van der Waals surface area (Å²) in [6.45, 7) is 0. The lowest BCUT2D eigenvalue weighted by Crippen LogP contribution is -2.49. The first kappa shape index (κ1) is 14.7. The van der Waals surface area contributed by atoms with Gasteiger partial charge < -0.3 is 5.32 Å². The highest BCUT2D eigenvalue weighted by molar-refractivity contribution is 6.36. The second kappa shape index (κ2) is 5.62. The molecule has 4 nitrogen and oxygen atoms in total. The van der Waals surface area contributed by atoms with Crippen molar-refractivity contribution >= 4 is 40.4 Å². The number of imide groups is 1. The van der Waals surface area contributed by atoms with Crippen LogP contribution in [0.1, 0.15) is 19.3 Å². The Bertz CT molecular complexity index is 792. The Morgan fingerprint density at radius 2 is 1.96 bits per heavy atom. The van der Waals surface area contributed by atoms with Crippen LogP contribution in [0.25, 0.3) is 10.8 Å². The van der Waals surface area contributed by atoms with Gasteiger partial charge in [-0.3, -0.25) is 14.5 Å². The zero-order chi connectivity index (χ0) is 16.0. The van der Waals surface area contributed by atoms with Crippen LogP contribution in [0.2, 0.25) is 5.02 Å². The molecule has 1 aliphatic heterocycles. The Morgan fingerprint density at radius 1 is 1.17 bits per heavy atom. The molecule has 0 radical (unpaired) electrons. The quantitative estimate of drug-likeness (QED) is 0.881. The first-order valence-corrected chi connectivity index (χ1v) is 8.28. The molecule has 2 aromatic rings. The number of benzene rings is 2. The molecule has 4 rings (SSSR count). The predicted octanol–water partition coefficient (Wildman–Crippen LogP) is 3.12. The number of halogens is 1. The van der Waals surface area contributed by atoms with Gasteiger partial charge in [0.25, 0.3) is 5.91 Å². The first-order valence-electron chi connectivity index (χ1n) is 7.90. The van der Waals surface area contributed by atoms with Crippen molar-refractivity contribution in [3.05, 3.63) is 41.4 Å². The monoisotopic (exact) mass is 328 g/mol. The number of rotatable bonds is 3. The van der Waals surface area contributed by atoms with Gasteiger partial charge in [0.2, 0.25) is 6.41 Å². The summed E-state index contributed by atoms with van der Waals surface area (Å²) in [5.74, 6) is 0.174. The van der Waals surface area contributed by atoms with Crippen LogP contribution in [0.5, 0.6) is 0 Å². The molecule has 0 spiro atoms. The molecule has 0 aromatic heterocycles. The average molecular weight is 329 g/mol. The smallest absolute Gasteiger partial charge is 0.250 e. The topological polar surface area (TPSA) is 49.4 Å². The van der Waals surface area contributed by atoms with E-state index in [1.807, 2.05) is 24.3 Å². The Balaban J connectivity index is 1.74. The van der Waals surface area contributed by atoms with E-state index >= 15 is 0 Å². The van der Waals surface area contributed by atoms with Gasteiger partial charge in [0.05, 0.1) is 11.7 Å². The molecule has 1 aliphatic carbocycles. The van der Waals surface area contributed by atoms with Crippen molar-refractivity contribution in [1.29, 1.82) is 0 Å². The zero-order valence-electron chi connectivity index (χ0n) is 12.5. The van der Waals surface area contributed by atoms with Gasteiger partial charge in [0.15, 0.2) is 0 Å². The fourth-order valence-electron chi connectivity index (χ4n) is 3.97. The second-order valence-electron chi connectivity index (χ2n) is 6.34. The van der Waals surface area contributed by atoms with Crippen molar-refractivity contribution in [2.45, 2.75) is 31.3 Å². The van der Waals surface area contributed by atoms with E-state index in [1.165, 1.54) is 4.90 Å². The summed E-state index contributed by atoms with van der Waals surface area (Å²) in [5.41, 5.74) is 0.592. The molecular formula is C18H17ClN2O2. The van der Waals surface area contributed by atoms with Gasteiger partial charge in [-0.1, -0.05) is 35.9 Å². The lowest BCUT2D eigenvalue weighted by molar-refractivity contribution is -0.124. The molecule has 2 aliphatic rings. The third kappa shape index (κ3) is 2.33. The molecule has 1 heterocycles. The molecule has 2 amide bonds. The molecule has 2 aromatic carbocycles. The molecule has 2 fully saturated rings. The van der Waals surface area contributed by atoms with Crippen molar-refractivity contribution in [1.82, 2.24) is 5.32 Å². The number of amides is 2. The Kier molecular flexibility index (Phi) is 3.58. The third-order valence-electron chi connectivity index (χ3n) is 5.08. The number of hydrogen-bond acceptors (Lipinski definition) is 3. The van der Waals surface area contributed by atoms with E-state index in [0.29, 0.717) is 29.1 Å². The highest BCUT2D eigenvalue weighted by Crippen LogP contribution is 2.37. The number of nitrogens with zero attached hydrogens (tertiary/aromatic N) is 1. The largest absolute Gasteiger partial charge is 0.303 e. The maximum absolute atomic E-state index is 12.9. The van der Waals surface area contributed by atoms with Gasteiger partial charge in [0.1, 0.15) is 0 Å². The Hall–Kier alpha value is -1.91. The SMILES string of the molecule is O=CN(C(=O)[C@@H]1NC2CCC1C2)c1ccc(Cl)c2ccccc12. The summed E-state index contributed by atoms with van der Waals surface area (Å²) in [6, 6.07) is 11.2. The first-order chi connectivity index (χ1) is 11.2. The maximum atomic E-state index is 12.9. The van der Waals surface area contributed by atoms with Crippen LogP contribution in [0.4, 0.5) is 5.69 Å². The molecule has 1 saturated heterocycles. The summed E-state index contributed by atoms with van der Waals surface area (Å²) in [4.78, 5) is 25.8. The number of carbonyl (C=O) groups excluding carboxylic acids is 2. The van der Waals surface area contributed by atoms with Crippen molar-refractivity contribution in [3.63, 3.8) is 0 Å². The van der Waals surface area contributed by atoms with E-state index in [0.717, 1.165) is 30.0 Å². The van der Waals surface area contributed by atoms with Crippen LogP contribution in [0.15, 0.2) is 36.4 Å². The number of anilines is 1. The van der Waals surface area contributed by atoms with Crippen molar-refractivity contribution < 1.29 is 9.59 Å². The number of hydrogen-bond donors (Lipinski definition) is 1. The van der Waals surface area contributed by atoms with Crippen LogP contribution < -0.4 is 10.2 Å². The summed E-state index contributed by atoms with van der Waals surface area (Å²) < 4.78 is 0. The predicted molar refractivity (Wildman–Crippen MR) is 90.6 cm³/mol. The van der Waals surface area contributed by atoms with E-state index in [9.17, 15) is 9.59 Å². The van der Waals surface area contributed by atoms with Crippen LogP contribution in [0.3, 0.4) is 0 Å². The molecular weight excluding hydrogens is 312 g/mol. The maximum Gasteiger partial charge on any atom is 0.250 e. The van der Waals surface area contributed by atoms with Gasteiger partial charge in [-0.05, 0) is 37.3 Å². The van der Waals surface area contributed by atoms with Crippen LogP contribution in [0, 0.1) is 5.92 Å². The van der Waals surface area contributed by atoms with Crippen LogP contribution in [-0.4, -0.2) is 24.4 Å². The Morgan fingerprint density at radius 3 is 2.61 bits per heavy atom. The van der Waals surface area contributed by atoms with Crippen molar-refractivity contribution in [2.24, 2.45) is 5.92 Å². The van der Waals surface area contributed by atoms with E-state index < -0.39 is 0 Å². The standard InChI is InChI=1S/C18H17ClN2O2/c19-15-7-8-16(14-4-2-1-3-13(14)15)21(10-22)18(23)17-11-5-6-12(9-11)20-17/h1-4,7-8,10-12,17,20H,5-6,9H2/t11?,12?,17-/m1/s1. The Labute approximate surface area is 139 Å². The zero-order valence-corrected chi connectivity index (χ0v) is 13.3. The lowest BCUT2D eigenvalue weighted by Gasteiger charge is -2.27. The molecule has 5 heteroatoms. The molecule has 118 valence electrons. The second-order valence-corrected chi connectivity index (χ2v) is 6.75. The minimum atomic E-state index is -0.256. The molecule has 1 N–H and O–H groups in total. The van der Waals surface area contributed by atoms with Crippen LogP contribution in [-0.2, 0) is 9.59 Å². The van der Waals surface area contributed by atoms with Gasteiger partial charge in [-0.15, -0.1) is 0 Å². The number of piperidine rings is 1. The average Bonchev–Trinajstić information content (AvgIpc) is 3.21. The van der Waals surface area contributed by atoms with E-state index in [-0.39, 0.29) is 11.9 Å². The minimum Gasteiger partial charge on any atom is -0.303 e. The van der Waals surface area contributed by atoms with Crippen molar-refractivity contribution in [3.8, 4) is 0 Å². The van der Waals surface area contributed by atoms with Gasteiger partial charge in [-0.25, -0.2) is 0 Å². The lowest BCUT2D eigenvalue weighted by atomic mass is 9.98. The number of fused-ring (bicyclic) bond motifs is 3. The van der Waals surface area contributed by atoms with Crippen LogP contribution >= 0.6 is 11.6 Å². The van der Waals surface area contributed by atoms with Gasteiger partial charge >= 0.3 is 0 Å². The minimum absolute atomic E-state index is 0.167. The van der Waals surface area contributed by atoms with E-state index in [2.05, 4.69) is 5.32 Å². The van der Waals surface area contributed by atoms with E-state index in [1.54, 1.807) is 12.1 Å². The normalized spacial score (nSPS) is 25.7. The number of nitrogens with one attached hydrogen (secondary N) is 1. The summed E-state index contributed by atoms with van der Waals surface area (Å²) in [7, 11) is 0. The summed E-state index contributed by atoms with van der Waals surface area (Å²) >= 11 is 6.23. The van der Waals surface area contributed by atoms with E-state index in [4.69, 9.17) is 11.6 Å². The number of carbonyl (C=O) groups is 2. The molecule has 1 saturated carbocycles.